The predicted molar refractivity (Wildman–Crippen MR) is 97.7 cm³/mol. The Labute approximate surface area is 149 Å². The van der Waals surface area contributed by atoms with Gasteiger partial charge in [0.25, 0.3) is 0 Å². The lowest BCUT2D eigenvalue weighted by Crippen LogP contribution is -2.48. The average Bonchev–Trinajstić information content (AvgIpc) is 2.62. The number of likely N-dealkylation sites (N-methyl/N-ethyl adjacent to an activating group) is 1. The number of hydrogen-bond acceptors (Lipinski definition) is 5. The minimum atomic E-state index is -0.0963. The summed E-state index contributed by atoms with van der Waals surface area (Å²) in [6.45, 7) is 2.90. The molecule has 7 heteroatoms. The van der Waals surface area contributed by atoms with Crippen molar-refractivity contribution in [2.75, 3.05) is 59.9 Å². The largest absolute Gasteiger partial charge is 0.493 e. The van der Waals surface area contributed by atoms with E-state index in [4.69, 9.17) is 14.2 Å². The number of nitrogens with zero attached hydrogens (tertiary/aromatic N) is 2. The van der Waals surface area contributed by atoms with E-state index in [9.17, 15) is 4.79 Å². The Balaban J connectivity index is 2.09. The molecule has 7 nitrogen and oxygen atoms in total. The lowest BCUT2D eigenvalue weighted by molar-refractivity contribution is 0.0466. The Morgan fingerprint density at radius 1 is 1.16 bits per heavy atom. The molecule has 0 aliphatic carbocycles. The zero-order chi connectivity index (χ0) is 18.2. The van der Waals surface area contributed by atoms with Gasteiger partial charge in [0.2, 0.25) is 0 Å². The van der Waals surface area contributed by atoms with Crippen LogP contribution in [0.15, 0.2) is 18.2 Å². The molecule has 2 rings (SSSR count). The molecule has 1 aromatic carbocycles. The first-order valence-electron chi connectivity index (χ1n) is 8.57. The number of carbonyl (C=O) groups excluding carboxylic acids is 1. The molecular weight excluding hydrogens is 322 g/mol. The first-order valence-corrected chi connectivity index (χ1v) is 8.57. The fourth-order valence-corrected chi connectivity index (χ4v) is 2.86. The average molecular weight is 351 g/mol. The lowest BCUT2D eigenvalue weighted by atomic mass is 10.1. The van der Waals surface area contributed by atoms with Gasteiger partial charge in [0.15, 0.2) is 11.5 Å². The number of benzene rings is 1. The molecule has 25 heavy (non-hydrogen) atoms. The summed E-state index contributed by atoms with van der Waals surface area (Å²) >= 11 is 0. The van der Waals surface area contributed by atoms with E-state index in [2.05, 4.69) is 10.2 Å². The number of ether oxygens (including phenoxy) is 3. The van der Waals surface area contributed by atoms with Crippen molar-refractivity contribution in [1.82, 2.24) is 9.80 Å². The highest BCUT2D eigenvalue weighted by molar-refractivity contribution is 5.90. The maximum Gasteiger partial charge on any atom is 0.322 e. The predicted octanol–water partition coefficient (Wildman–Crippen LogP) is 2.28. The van der Waals surface area contributed by atoms with Crippen LogP contribution < -0.4 is 14.8 Å². The molecule has 1 saturated heterocycles. The second-order valence-electron chi connectivity index (χ2n) is 6.34. The van der Waals surface area contributed by atoms with Crippen LogP contribution in [0.5, 0.6) is 11.5 Å². The molecule has 0 bridgehead atoms. The van der Waals surface area contributed by atoms with E-state index in [1.54, 1.807) is 26.4 Å². The van der Waals surface area contributed by atoms with Crippen LogP contribution in [0.2, 0.25) is 0 Å². The second kappa shape index (κ2) is 9.48. The molecule has 0 spiro atoms. The van der Waals surface area contributed by atoms with Crippen molar-refractivity contribution in [3.8, 4) is 11.5 Å². The van der Waals surface area contributed by atoms with Gasteiger partial charge >= 0.3 is 6.03 Å². The number of urea groups is 1. The third-order valence-electron chi connectivity index (χ3n) is 4.32. The third kappa shape index (κ3) is 5.51. The normalized spacial score (nSPS) is 15.1. The first kappa shape index (κ1) is 19.3. The number of rotatable bonds is 7. The molecule has 140 valence electrons. The van der Waals surface area contributed by atoms with Gasteiger partial charge in [-0.1, -0.05) is 0 Å². The standard InChI is InChI=1S/C18H29N3O4/c1-20(2)9-10-21(15-7-11-25-12-8-15)18(22)19-14-5-6-16(23-3)17(13-14)24-4/h5-6,13,15H,7-12H2,1-4H3,(H,19,22). The molecule has 1 fully saturated rings. The first-order chi connectivity index (χ1) is 12.0. The van der Waals surface area contributed by atoms with Crippen molar-refractivity contribution in [3.63, 3.8) is 0 Å². The number of anilines is 1. The van der Waals surface area contributed by atoms with Crippen LogP contribution in [-0.2, 0) is 4.74 Å². The monoisotopic (exact) mass is 351 g/mol. The number of methoxy groups -OCH3 is 2. The SMILES string of the molecule is COc1ccc(NC(=O)N(CCN(C)C)C2CCOCC2)cc1OC. The Morgan fingerprint density at radius 3 is 2.44 bits per heavy atom. The highest BCUT2D eigenvalue weighted by Gasteiger charge is 2.26. The summed E-state index contributed by atoms with van der Waals surface area (Å²) in [5.41, 5.74) is 0.685. The van der Waals surface area contributed by atoms with E-state index in [-0.39, 0.29) is 12.1 Å². The van der Waals surface area contributed by atoms with Crippen LogP contribution in [-0.4, -0.2) is 76.5 Å². The number of amides is 2. The van der Waals surface area contributed by atoms with E-state index < -0.39 is 0 Å². The molecule has 0 unspecified atom stereocenters. The van der Waals surface area contributed by atoms with E-state index in [0.29, 0.717) is 36.9 Å². The quantitative estimate of drug-likeness (QED) is 0.816. The summed E-state index contributed by atoms with van der Waals surface area (Å²) < 4.78 is 16.0. The van der Waals surface area contributed by atoms with Crippen molar-refractivity contribution < 1.29 is 19.0 Å². The molecule has 1 aliphatic rings. The van der Waals surface area contributed by atoms with Gasteiger partial charge in [0.05, 0.1) is 14.2 Å². The van der Waals surface area contributed by atoms with Gasteiger partial charge in [-0.05, 0) is 39.1 Å². The summed E-state index contributed by atoms with van der Waals surface area (Å²) in [6.07, 6.45) is 1.74. The molecule has 0 saturated carbocycles. The van der Waals surface area contributed by atoms with E-state index in [1.165, 1.54) is 0 Å². The van der Waals surface area contributed by atoms with Gasteiger partial charge in [-0.25, -0.2) is 4.79 Å². The molecule has 1 aliphatic heterocycles. The minimum absolute atomic E-state index is 0.0963. The van der Waals surface area contributed by atoms with Gasteiger partial charge in [0.1, 0.15) is 0 Å². The maximum absolute atomic E-state index is 12.9. The van der Waals surface area contributed by atoms with E-state index in [0.717, 1.165) is 19.4 Å². The Kier molecular flexibility index (Phi) is 7.33. The van der Waals surface area contributed by atoms with Crippen molar-refractivity contribution in [3.05, 3.63) is 18.2 Å². The zero-order valence-corrected chi connectivity index (χ0v) is 15.6. The van der Waals surface area contributed by atoms with Gasteiger partial charge in [-0.2, -0.15) is 0 Å². The van der Waals surface area contributed by atoms with Crippen molar-refractivity contribution in [1.29, 1.82) is 0 Å². The Hall–Kier alpha value is -1.99. The van der Waals surface area contributed by atoms with E-state index in [1.807, 2.05) is 25.1 Å². The van der Waals surface area contributed by atoms with Crippen LogP contribution >= 0.6 is 0 Å². The number of carbonyl (C=O) groups is 1. The molecule has 0 atom stereocenters. The fraction of sp³-hybridized carbons (Fsp3) is 0.611. The smallest absolute Gasteiger partial charge is 0.322 e. The fourth-order valence-electron chi connectivity index (χ4n) is 2.86. The van der Waals surface area contributed by atoms with Crippen molar-refractivity contribution >= 4 is 11.7 Å². The van der Waals surface area contributed by atoms with Gasteiger partial charge in [0, 0.05) is 44.1 Å². The zero-order valence-electron chi connectivity index (χ0n) is 15.6. The Bertz CT molecular complexity index is 559. The van der Waals surface area contributed by atoms with Crippen molar-refractivity contribution in [2.45, 2.75) is 18.9 Å². The van der Waals surface area contributed by atoms with Gasteiger partial charge in [-0.3, -0.25) is 0 Å². The molecule has 0 radical (unpaired) electrons. The molecule has 0 aromatic heterocycles. The maximum atomic E-state index is 12.9. The van der Waals surface area contributed by atoms with Crippen LogP contribution in [0.25, 0.3) is 0 Å². The number of nitrogens with one attached hydrogen (secondary N) is 1. The van der Waals surface area contributed by atoms with Crippen LogP contribution in [0.4, 0.5) is 10.5 Å². The molecule has 1 aromatic rings. The summed E-state index contributed by atoms with van der Waals surface area (Å²) in [5.74, 6) is 1.22. The second-order valence-corrected chi connectivity index (χ2v) is 6.34. The van der Waals surface area contributed by atoms with Gasteiger partial charge < -0.3 is 29.3 Å². The molecular formula is C18H29N3O4. The van der Waals surface area contributed by atoms with Gasteiger partial charge in [-0.15, -0.1) is 0 Å². The molecule has 1 N–H and O–H groups in total. The lowest BCUT2D eigenvalue weighted by Gasteiger charge is -2.35. The Morgan fingerprint density at radius 2 is 1.84 bits per heavy atom. The molecule has 1 heterocycles. The summed E-state index contributed by atoms with van der Waals surface area (Å²) in [4.78, 5) is 16.9. The summed E-state index contributed by atoms with van der Waals surface area (Å²) in [7, 11) is 7.18. The minimum Gasteiger partial charge on any atom is -0.493 e. The summed E-state index contributed by atoms with van der Waals surface area (Å²) in [5, 5.41) is 2.98. The third-order valence-corrected chi connectivity index (χ3v) is 4.32. The van der Waals surface area contributed by atoms with E-state index >= 15 is 0 Å². The van der Waals surface area contributed by atoms with Crippen molar-refractivity contribution in [2.24, 2.45) is 0 Å². The van der Waals surface area contributed by atoms with Crippen LogP contribution in [0.3, 0.4) is 0 Å². The highest BCUT2D eigenvalue weighted by Crippen LogP contribution is 2.30. The summed E-state index contributed by atoms with van der Waals surface area (Å²) in [6, 6.07) is 5.47. The molecule has 2 amide bonds. The highest BCUT2D eigenvalue weighted by atomic mass is 16.5. The topological polar surface area (TPSA) is 63.3 Å². The number of hydrogen-bond donors (Lipinski definition) is 1. The van der Waals surface area contributed by atoms with Crippen LogP contribution in [0, 0.1) is 0 Å². The van der Waals surface area contributed by atoms with Crippen LogP contribution in [0.1, 0.15) is 12.8 Å².